The van der Waals surface area contributed by atoms with Gasteiger partial charge in [-0.05, 0) is 42.0 Å². The van der Waals surface area contributed by atoms with Crippen LogP contribution in [0.25, 0.3) is 55.2 Å². The standard InChI is InChI=1S/C32H22N2/c1-2-11-23(12-3-1)29-22-33(30-18-7-4-17-28(29)30)24-13-10-14-25(21-24)34-31-19-8-5-15-26(31)27-16-6-9-20-32(27)34/h1-22H. The summed E-state index contributed by atoms with van der Waals surface area (Å²) < 4.78 is 4.69. The minimum Gasteiger partial charge on any atom is -0.316 e. The van der Waals surface area contributed by atoms with Crippen LogP contribution in [0.3, 0.4) is 0 Å². The smallest absolute Gasteiger partial charge is 0.0541 e. The Kier molecular flexibility index (Phi) is 4.18. The Morgan fingerprint density at radius 2 is 0.971 bits per heavy atom. The van der Waals surface area contributed by atoms with Gasteiger partial charge in [-0.3, -0.25) is 0 Å². The minimum atomic E-state index is 1.15. The molecule has 0 radical (unpaired) electrons. The average Bonchev–Trinajstić information content (AvgIpc) is 3.46. The third-order valence-corrected chi connectivity index (χ3v) is 6.74. The Bertz CT molecular complexity index is 1750. The van der Waals surface area contributed by atoms with E-state index in [-0.39, 0.29) is 0 Å². The van der Waals surface area contributed by atoms with Crippen molar-refractivity contribution in [1.82, 2.24) is 9.13 Å². The van der Waals surface area contributed by atoms with Crippen molar-refractivity contribution >= 4 is 32.7 Å². The second-order valence-corrected chi connectivity index (χ2v) is 8.69. The summed E-state index contributed by atoms with van der Waals surface area (Å²) >= 11 is 0. The molecule has 0 aliphatic heterocycles. The van der Waals surface area contributed by atoms with Gasteiger partial charge in [0.05, 0.1) is 16.6 Å². The summed E-state index contributed by atoms with van der Waals surface area (Å²) in [5.74, 6) is 0. The largest absolute Gasteiger partial charge is 0.316 e. The molecule has 0 N–H and O–H groups in total. The van der Waals surface area contributed by atoms with Gasteiger partial charge in [-0.25, -0.2) is 0 Å². The summed E-state index contributed by atoms with van der Waals surface area (Å²) in [6, 6.07) is 45.4. The predicted molar refractivity (Wildman–Crippen MR) is 143 cm³/mol. The Hall–Kier alpha value is -4.56. The van der Waals surface area contributed by atoms with E-state index in [1.165, 1.54) is 43.8 Å². The molecule has 0 aliphatic carbocycles. The number of benzene rings is 5. The highest BCUT2D eigenvalue weighted by atomic mass is 15.0. The zero-order chi connectivity index (χ0) is 22.5. The van der Waals surface area contributed by atoms with E-state index in [2.05, 4.69) is 143 Å². The van der Waals surface area contributed by atoms with Gasteiger partial charge in [0.25, 0.3) is 0 Å². The molecule has 160 valence electrons. The zero-order valence-corrected chi connectivity index (χ0v) is 18.6. The van der Waals surface area contributed by atoms with Crippen LogP contribution in [0, 0.1) is 0 Å². The molecule has 5 aromatic carbocycles. The fourth-order valence-corrected chi connectivity index (χ4v) is 5.22. The molecule has 7 aromatic rings. The lowest BCUT2D eigenvalue weighted by atomic mass is 10.1. The number of rotatable bonds is 3. The van der Waals surface area contributed by atoms with Gasteiger partial charge < -0.3 is 9.13 Å². The van der Waals surface area contributed by atoms with Crippen LogP contribution in [0.15, 0.2) is 134 Å². The van der Waals surface area contributed by atoms with Gasteiger partial charge >= 0.3 is 0 Å². The van der Waals surface area contributed by atoms with Crippen molar-refractivity contribution in [2.75, 3.05) is 0 Å². The van der Waals surface area contributed by atoms with Gasteiger partial charge in [0, 0.05) is 39.3 Å². The van der Waals surface area contributed by atoms with Crippen LogP contribution < -0.4 is 0 Å². The fraction of sp³-hybridized carbons (Fsp3) is 0. The Balaban J connectivity index is 1.47. The highest BCUT2D eigenvalue weighted by Gasteiger charge is 2.14. The molecule has 34 heavy (non-hydrogen) atoms. The molecule has 0 saturated heterocycles. The van der Waals surface area contributed by atoms with E-state index in [9.17, 15) is 0 Å². The van der Waals surface area contributed by atoms with Crippen molar-refractivity contribution in [1.29, 1.82) is 0 Å². The first-order valence-electron chi connectivity index (χ1n) is 11.6. The number of fused-ring (bicyclic) bond motifs is 4. The highest BCUT2D eigenvalue weighted by Crippen LogP contribution is 2.35. The van der Waals surface area contributed by atoms with Crippen molar-refractivity contribution in [3.63, 3.8) is 0 Å². The van der Waals surface area contributed by atoms with Crippen LogP contribution in [0.2, 0.25) is 0 Å². The molecule has 0 saturated carbocycles. The van der Waals surface area contributed by atoms with Gasteiger partial charge in [0.1, 0.15) is 0 Å². The van der Waals surface area contributed by atoms with E-state index in [1.807, 2.05) is 0 Å². The molecule has 0 atom stereocenters. The van der Waals surface area contributed by atoms with Crippen LogP contribution in [0.5, 0.6) is 0 Å². The number of nitrogens with zero attached hydrogens (tertiary/aromatic N) is 2. The molecule has 0 aliphatic rings. The maximum atomic E-state index is 2.37. The molecule has 2 nitrogen and oxygen atoms in total. The molecule has 0 spiro atoms. The first-order valence-corrected chi connectivity index (χ1v) is 11.6. The second-order valence-electron chi connectivity index (χ2n) is 8.69. The molecule has 0 amide bonds. The number of para-hydroxylation sites is 3. The van der Waals surface area contributed by atoms with Gasteiger partial charge in [-0.1, -0.05) is 91.0 Å². The maximum Gasteiger partial charge on any atom is 0.0541 e. The van der Waals surface area contributed by atoms with E-state index in [0.717, 1.165) is 11.4 Å². The topological polar surface area (TPSA) is 9.86 Å². The van der Waals surface area contributed by atoms with E-state index in [1.54, 1.807) is 0 Å². The lowest BCUT2D eigenvalue weighted by Crippen LogP contribution is -1.97. The van der Waals surface area contributed by atoms with Crippen LogP contribution >= 0.6 is 0 Å². The summed E-state index contributed by atoms with van der Waals surface area (Å²) in [7, 11) is 0. The Labute approximate surface area is 197 Å². The summed E-state index contributed by atoms with van der Waals surface area (Å²) in [5, 5.41) is 3.82. The van der Waals surface area contributed by atoms with Crippen molar-refractivity contribution in [2.45, 2.75) is 0 Å². The normalized spacial score (nSPS) is 11.5. The molecule has 2 heteroatoms. The highest BCUT2D eigenvalue weighted by molar-refractivity contribution is 6.09. The van der Waals surface area contributed by atoms with E-state index in [0.29, 0.717) is 0 Å². The van der Waals surface area contributed by atoms with Crippen molar-refractivity contribution in [2.24, 2.45) is 0 Å². The summed E-state index contributed by atoms with van der Waals surface area (Å²) in [6.07, 6.45) is 2.27. The van der Waals surface area contributed by atoms with E-state index >= 15 is 0 Å². The summed E-state index contributed by atoms with van der Waals surface area (Å²) in [6.45, 7) is 0. The Morgan fingerprint density at radius 1 is 0.412 bits per heavy atom. The molecule has 0 unspecified atom stereocenters. The second kappa shape index (κ2) is 7.50. The van der Waals surface area contributed by atoms with E-state index < -0.39 is 0 Å². The quantitative estimate of drug-likeness (QED) is 0.264. The SMILES string of the molecule is c1ccc(-c2cn(-c3cccc(-n4c5ccccc5c5ccccc54)c3)c3ccccc23)cc1. The predicted octanol–water partition coefficient (Wildman–Crippen LogP) is 8.39. The molecular weight excluding hydrogens is 412 g/mol. The third kappa shape index (κ3) is 2.82. The molecule has 0 bridgehead atoms. The minimum absolute atomic E-state index is 1.15. The molecule has 0 fully saturated rings. The zero-order valence-electron chi connectivity index (χ0n) is 18.6. The first-order chi connectivity index (χ1) is 16.9. The maximum absolute atomic E-state index is 2.37. The molecule has 2 heterocycles. The van der Waals surface area contributed by atoms with Crippen molar-refractivity contribution in [3.8, 4) is 22.5 Å². The summed E-state index contributed by atoms with van der Waals surface area (Å²) in [4.78, 5) is 0. The van der Waals surface area contributed by atoms with Crippen LogP contribution in [-0.2, 0) is 0 Å². The number of aromatic nitrogens is 2. The van der Waals surface area contributed by atoms with Gasteiger partial charge in [-0.2, -0.15) is 0 Å². The lowest BCUT2D eigenvalue weighted by Gasteiger charge is -2.11. The van der Waals surface area contributed by atoms with Crippen LogP contribution in [0.4, 0.5) is 0 Å². The van der Waals surface area contributed by atoms with Gasteiger partial charge in [0.2, 0.25) is 0 Å². The lowest BCUT2D eigenvalue weighted by molar-refractivity contribution is 1.10. The van der Waals surface area contributed by atoms with E-state index in [4.69, 9.17) is 0 Å². The van der Waals surface area contributed by atoms with Gasteiger partial charge in [-0.15, -0.1) is 0 Å². The monoisotopic (exact) mass is 434 g/mol. The van der Waals surface area contributed by atoms with Gasteiger partial charge in [0.15, 0.2) is 0 Å². The number of hydrogen-bond acceptors (Lipinski definition) is 0. The first kappa shape index (κ1) is 19.0. The number of hydrogen-bond donors (Lipinski definition) is 0. The summed E-state index contributed by atoms with van der Waals surface area (Å²) in [5.41, 5.74) is 8.45. The Morgan fingerprint density at radius 3 is 1.68 bits per heavy atom. The van der Waals surface area contributed by atoms with Crippen molar-refractivity contribution < 1.29 is 0 Å². The van der Waals surface area contributed by atoms with Crippen LogP contribution in [0.1, 0.15) is 0 Å². The molecule has 7 rings (SSSR count). The van der Waals surface area contributed by atoms with Crippen LogP contribution in [-0.4, -0.2) is 9.13 Å². The van der Waals surface area contributed by atoms with Crippen molar-refractivity contribution in [3.05, 3.63) is 134 Å². The third-order valence-electron chi connectivity index (χ3n) is 6.74. The molecule has 2 aromatic heterocycles. The average molecular weight is 435 g/mol. The molecular formula is C32H22N2. The fourth-order valence-electron chi connectivity index (χ4n) is 5.22.